The van der Waals surface area contributed by atoms with Crippen LogP contribution in [0.1, 0.15) is 38.7 Å². The minimum absolute atomic E-state index is 0.157. The average Bonchev–Trinajstić information content (AvgIpc) is 3.05. The third-order valence-electron chi connectivity index (χ3n) is 5.65. The van der Waals surface area contributed by atoms with Crippen LogP contribution >= 0.6 is 0 Å². The molecule has 1 heterocycles. The molecule has 3 aromatic rings. The molecule has 4 rings (SSSR count). The Morgan fingerprint density at radius 1 is 0.969 bits per heavy atom. The molecule has 6 nitrogen and oxygen atoms in total. The molecule has 162 valence electrons. The number of aromatic carboxylic acids is 1. The Bertz CT molecular complexity index is 1180. The monoisotopic (exact) mass is 429 g/mol. The molecule has 3 aromatic carbocycles. The normalized spacial score (nSPS) is 15.9. The molecule has 0 saturated heterocycles. The van der Waals surface area contributed by atoms with Crippen LogP contribution in [-0.2, 0) is 11.3 Å². The molecule has 32 heavy (non-hydrogen) atoms. The van der Waals surface area contributed by atoms with Crippen molar-refractivity contribution >= 4 is 17.4 Å². The van der Waals surface area contributed by atoms with E-state index in [0.717, 1.165) is 22.3 Å². The van der Waals surface area contributed by atoms with E-state index < -0.39 is 17.9 Å². The number of benzene rings is 3. The highest BCUT2D eigenvalue weighted by molar-refractivity contribution is 6.05. The minimum Gasteiger partial charge on any atom is -0.503 e. The van der Waals surface area contributed by atoms with Crippen LogP contribution in [0.5, 0.6) is 5.75 Å². The zero-order chi connectivity index (χ0) is 22.8. The molecule has 2 N–H and O–H groups in total. The van der Waals surface area contributed by atoms with E-state index in [4.69, 9.17) is 4.74 Å². The van der Waals surface area contributed by atoms with Gasteiger partial charge in [-0.2, -0.15) is 0 Å². The summed E-state index contributed by atoms with van der Waals surface area (Å²) in [5.41, 5.74) is 4.07. The van der Waals surface area contributed by atoms with Gasteiger partial charge in [-0.25, -0.2) is 4.79 Å². The number of hydrogen-bond donors (Lipinski definition) is 2. The number of carbonyl (C=O) groups excluding carboxylic acids is 1. The summed E-state index contributed by atoms with van der Waals surface area (Å²) < 4.78 is 5.21. The molecule has 0 bridgehead atoms. The number of carboxylic acid groups (broad SMARTS) is 1. The van der Waals surface area contributed by atoms with Crippen LogP contribution in [0.15, 0.2) is 78.6 Å². The lowest BCUT2D eigenvalue weighted by Crippen LogP contribution is -2.29. The molecule has 0 aliphatic carbocycles. The molecule has 0 aromatic heterocycles. The van der Waals surface area contributed by atoms with Crippen molar-refractivity contribution in [1.82, 2.24) is 4.90 Å². The summed E-state index contributed by atoms with van der Waals surface area (Å²) in [7, 11) is 1.59. The van der Waals surface area contributed by atoms with Gasteiger partial charge in [0.25, 0.3) is 5.91 Å². The maximum absolute atomic E-state index is 13.1. The Labute approximate surface area is 186 Å². The van der Waals surface area contributed by atoms with Crippen LogP contribution < -0.4 is 4.74 Å². The number of nitrogens with zero attached hydrogens (tertiary/aromatic N) is 1. The summed E-state index contributed by atoms with van der Waals surface area (Å²) in [6.07, 6.45) is 0. The van der Waals surface area contributed by atoms with E-state index >= 15 is 0 Å². The van der Waals surface area contributed by atoms with Crippen molar-refractivity contribution in [1.29, 1.82) is 0 Å². The van der Waals surface area contributed by atoms with Gasteiger partial charge in [-0.05, 0) is 47.9 Å². The summed E-state index contributed by atoms with van der Waals surface area (Å²) in [6, 6.07) is 20.8. The Balaban J connectivity index is 1.78. The summed E-state index contributed by atoms with van der Waals surface area (Å²) in [6.45, 7) is 2.24. The highest BCUT2D eigenvalue weighted by atomic mass is 16.5. The largest absolute Gasteiger partial charge is 0.503 e. The van der Waals surface area contributed by atoms with Gasteiger partial charge in [0.1, 0.15) is 5.75 Å². The highest BCUT2D eigenvalue weighted by Gasteiger charge is 2.41. The first-order valence-electron chi connectivity index (χ1n) is 10.2. The molecule has 1 amide bonds. The zero-order valence-electron chi connectivity index (χ0n) is 17.8. The van der Waals surface area contributed by atoms with Crippen molar-refractivity contribution in [3.05, 3.63) is 106 Å². The maximum atomic E-state index is 13.1. The molecule has 6 heteroatoms. The lowest BCUT2D eigenvalue weighted by Gasteiger charge is -2.27. The fraction of sp³-hybridized carbons (Fsp3) is 0.154. The summed E-state index contributed by atoms with van der Waals surface area (Å²) in [5, 5.41) is 20.1. The van der Waals surface area contributed by atoms with Crippen molar-refractivity contribution < 1.29 is 24.5 Å². The number of hydrogen-bond acceptors (Lipinski definition) is 4. The van der Waals surface area contributed by atoms with Crippen molar-refractivity contribution in [2.75, 3.05) is 7.11 Å². The Morgan fingerprint density at radius 3 is 2.16 bits per heavy atom. The predicted octanol–water partition coefficient (Wildman–Crippen LogP) is 4.75. The standard InChI is InChI=1S/C26H23NO5/c1-16-3-7-18(8-4-16)22-23(19-9-11-20(12-10-19)26(30)31)27(25(29)24(22)28)15-17-5-13-21(32-2)14-6-17/h3-14,23,28H,15H2,1-2H3,(H,30,31). The van der Waals surface area contributed by atoms with Crippen LogP contribution in [0, 0.1) is 6.92 Å². The van der Waals surface area contributed by atoms with E-state index in [1.807, 2.05) is 55.5 Å². The van der Waals surface area contributed by atoms with Gasteiger partial charge in [0, 0.05) is 12.1 Å². The fourth-order valence-electron chi connectivity index (χ4n) is 3.93. The van der Waals surface area contributed by atoms with E-state index in [0.29, 0.717) is 11.3 Å². The second kappa shape index (κ2) is 8.59. The van der Waals surface area contributed by atoms with Gasteiger partial charge in [-0.1, -0.05) is 54.1 Å². The molecule has 1 atom stereocenters. The number of carbonyl (C=O) groups is 2. The first-order chi connectivity index (χ1) is 15.4. The van der Waals surface area contributed by atoms with Crippen LogP contribution in [0.2, 0.25) is 0 Å². The molecule has 0 saturated carbocycles. The number of aryl methyl sites for hydroxylation is 1. The van der Waals surface area contributed by atoms with Crippen molar-refractivity contribution in [2.45, 2.75) is 19.5 Å². The highest BCUT2D eigenvalue weighted by Crippen LogP contribution is 2.43. The first kappa shape index (κ1) is 21.2. The van der Waals surface area contributed by atoms with Crippen LogP contribution in [0.25, 0.3) is 5.57 Å². The van der Waals surface area contributed by atoms with E-state index in [1.165, 1.54) is 12.1 Å². The molecular weight excluding hydrogens is 406 g/mol. The predicted molar refractivity (Wildman–Crippen MR) is 120 cm³/mol. The Morgan fingerprint density at radius 2 is 1.59 bits per heavy atom. The number of aliphatic hydroxyl groups is 1. The van der Waals surface area contributed by atoms with Gasteiger partial charge < -0.3 is 19.8 Å². The molecule has 0 spiro atoms. The van der Waals surface area contributed by atoms with Gasteiger partial charge in [-0.3, -0.25) is 4.79 Å². The van der Waals surface area contributed by atoms with Gasteiger partial charge in [0.2, 0.25) is 0 Å². The second-order valence-electron chi connectivity index (χ2n) is 7.74. The van der Waals surface area contributed by atoms with E-state index in [-0.39, 0.29) is 17.9 Å². The number of aliphatic hydroxyl groups excluding tert-OH is 1. The van der Waals surface area contributed by atoms with Crippen molar-refractivity contribution in [2.24, 2.45) is 0 Å². The topological polar surface area (TPSA) is 87.1 Å². The molecule has 1 unspecified atom stereocenters. The van der Waals surface area contributed by atoms with Gasteiger partial charge >= 0.3 is 5.97 Å². The van der Waals surface area contributed by atoms with Crippen LogP contribution in [0.3, 0.4) is 0 Å². The Hall–Kier alpha value is -4.06. The number of methoxy groups -OCH3 is 1. The number of amides is 1. The number of carboxylic acids is 1. The van der Waals surface area contributed by atoms with Crippen molar-refractivity contribution in [3.8, 4) is 5.75 Å². The third-order valence-corrected chi connectivity index (χ3v) is 5.65. The fourth-order valence-corrected chi connectivity index (χ4v) is 3.93. The Kier molecular flexibility index (Phi) is 5.69. The number of ether oxygens (including phenoxy) is 1. The maximum Gasteiger partial charge on any atom is 0.335 e. The molecule has 1 aliphatic heterocycles. The van der Waals surface area contributed by atoms with E-state index in [9.17, 15) is 19.8 Å². The van der Waals surface area contributed by atoms with Gasteiger partial charge in [0.05, 0.1) is 18.7 Å². The van der Waals surface area contributed by atoms with E-state index in [2.05, 4.69) is 0 Å². The lowest BCUT2D eigenvalue weighted by molar-refractivity contribution is -0.130. The SMILES string of the molecule is COc1ccc(CN2C(=O)C(O)=C(c3ccc(C)cc3)C2c2ccc(C(=O)O)cc2)cc1. The second-order valence-corrected chi connectivity index (χ2v) is 7.74. The molecular formula is C26H23NO5. The minimum atomic E-state index is -1.02. The quantitative estimate of drug-likeness (QED) is 0.590. The van der Waals surface area contributed by atoms with Gasteiger partial charge in [-0.15, -0.1) is 0 Å². The average molecular weight is 429 g/mol. The molecule has 0 fully saturated rings. The zero-order valence-corrected chi connectivity index (χ0v) is 17.8. The van der Waals surface area contributed by atoms with Gasteiger partial charge in [0.15, 0.2) is 5.76 Å². The van der Waals surface area contributed by atoms with Crippen LogP contribution in [-0.4, -0.2) is 34.1 Å². The lowest BCUT2D eigenvalue weighted by atomic mass is 9.92. The van der Waals surface area contributed by atoms with E-state index in [1.54, 1.807) is 24.1 Å². The number of rotatable bonds is 6. The molecule has 1 aliphatic rings. The third kappa shape index (κ3) is 3.95. The first-order valence-corrected chi connectivity index (χ1v) is 10.2. The smallest absolute Gasteiger partial charge is 0.335 e. The summed E-state index contributed by atoms with van der Waals surface area (Å²) in [5.74, 6) is -1.08. The molecule has 0 radical (unpaired) electrons. The van der Waals surface area contributed by atoms with Crippen molar-refractivity contribution in [3.63, 3.8) is 0 Å². The van der Waals surface area contributed by atoms with Crippen LogP contribution in [0.4, 0.5) is 0 Å². The summed E-state index contributed by atoms with van der Waals surface area (Å²) >= 11 is 0. The summed E-state index contributed by atoms with van der Waals surface area (Å²) in [4.78, 5) is 26.0.